The van der Waals surface area contributed by atoms with Gasteiger partial charge in [0.15, 0.2) is 5.96 Å². The predicted molar refractivity (Wildman–Crippen MR) is 125 cm³/mol. The third-order valence-electron chi connectivity index (χ3n) is 6.30. The molecule has 2 N–H and O–H groups in total. The van der Waals surface area contributed by atoms with Crippen LogP contribution >= 0.6 is 24.0 Å². The number of halogens is 1. The van der Waals surface area contributed by atoms with Gasteiger partial charge >= 0.3 is 0 Å². The van der Waals surface area contributed by atoms with Crippen LogP contribution in [0.2, 0.25) is 0 Å². The summed E-state index contributed by atoms with van der Waals surface area (Å²) in [5.41, 5.74) is 1.66. The van der Waals surface area contributed by atoms with Crippen LogP contribution in [0.3, 0.4) is 0 Å². The number of fused-ring (bicyclic) bond motifs is 2. The SMILES string of the molecule is CCNC(=NCC1(C)COC1)NC1CC2CCC(C1)N2Cc1ccccc1.I. The Kier molecular flexibility index (Phi) is 7.61. The van der Waals surface area contributed by atoms with Crippen LogP contribution in [0.25, 0.3) is 0 Å². The van der Waals surface area contributed by atoms with E-state index < -0.39 is 0 Å². The maximum atomic E-state index is 5.36. The quantitative estimate of drug-likeness (QED) is 0.359. The van der Waals surface area contributed by atoms with Crippen LogP contribution in [0, 0.1) is 5.41 Å². The van der Waals surface area contributed by atoms with E-state index in [1.54, 1.807) is 0 Å². The van der Waals surface area contributed by atoms with Gasteiger partial charge in [-0.05, 0) is 38.2 Å². The molecule has 3 aliphatic heterocycles. The number of aliphatic imine (C=N–C) groups is 1. The van der Waals surface area contributed by atoms with Crippen molar-refractivity contribution in [3.05, 3.63) is 35.9 Å². The van der Waals surface area contributed by atoms with Gasteiger partial charge in [-0.3, -0.25) is 9.89 Å². The average Bonchev–Trinajstić information content (AvgIpc) is 2.88. The van der Waals surface area contributed by atoms with E-state index in [1.165, 1.54) is 31.2 Å². The van der Waals surface area contributed by atoms with Crippen molar-refractivity contribution in [2.24, 2.45) is 10.4 Å². The lowest BCUT2D eigenvalue weighted by Gasteiger charge is -2.40. The fraction of sp³-hybridized carbons (Fsp3) is 0.682. The van der Waals surface area contributed by atoms with Crippen LogP contribution in [0.1, 0.15) is 45.1 Å². The van der Waals surface area contributed by atoms with Gasteiger partial charge in [-0.2, -0.15) is 0 Å². The highest BCUT2D eigenvalue weighted by Gasteiger charge is 2.40. The molecule has 3 heterocycles. The molecule has 3 fully saturated rings. The number of piperidine rings is 1. The highest BCUT2D eigenvalue weighted by atomic mass is 127. The zero-order valence-electron chi connectivity index (χ0n) is 17.2. The monoisotopic (exact) mass is 498 g/mol. The van der Waals surface area contributed by atoms with E-state index in [0.29, 0.717) is 18.1 Å². The van der Waals surface area contributed by atoms with Crippen LogP contribution in [0.15, 0.2) is 35.3 Å². The molecule has 4 rings (SSSR count). The van der Waals surface area contributed by atoms with Crippen molar-refractivity contribution in [1.82, 2.24) is 15.5 Å². The van der Waals surface area contributed by atoms with Gasteiger partial charge in [0.05, 0.1) is 19.8 Å². The molecule has 5 nitrogen and oxygen atoms in total. The van der Waals surface area contributed by atoms with E-state index in [1.807, 2.05) is 0 Å². The van der Waals surface area contributed by atoms with Crippen LogP contribution in [-0.4, -0.2) is 55.3 Å². The summed E-state index contributed by atoms with van der Waals surface area (Å²) in [7, 11) is 0. The molecule has 0 aromatic heterocycles. The number of rotatable bonds is 6. The van der Waals surface area contributed by atoms with Gasteiger partial charge in [-0.25, -0.2) is 0 Å². The van der Waals surface area contributed by atoms with E-state index in [-0.39, 0.29) is 29.4 Å². The smallest absolute Gasteiger partial charge is 0.191 e. The lowest BCUT2D eigenvalue weighted by atomic mass is 9.89. The molecule has 3 saturated heterocycles. The second-order valence-corrected chi connectivity index (χ2v) is 8.85. The van der Waals surface area contributed by atoms with Gasteiger partial charge in [0, 0.05) is 36.6 Å². The Morgan fingerprint density at radius 2 is 1.86 bits per heavy atom. The number of hydrogen-bond acceptors (Lipinski definition) is 3. The highest BCUT2D eigenvalue weighted by Crippen LogP contribution is 2.36. The zero-order chi connectivity index (χ0) is 18.7. The van der Waals surface area contributed by atoms with Gasteiger partial charge in [0.2, 0.25) is 0 Å². The van der Waals surface area contributed by atoms with Crippen molar-refractivity contribution in [2.45, 2.75) is 64.2 Å². The van der Waals surface area contributed by atoms with Crippen LogP contribution in [0.4, 0.5) is 0 Å². The molecule has 6 heteroatoms. The number of hydrogen-bond donors (Lipinski definition) is 2. The largest absolute Gasteiger partial charge is 0.380 e. The molecule has 0 aliphatic carbocycles. The third-order valence-corrected chi connectivity index (χ3v) is 6.30. The zero-order valence-corrected chi connectivity index (χ0v) is 19.5. The lowest BCUT2D eigenvalue weighted by Crippen LogP contribution is -2.52. The van der Waals surface area contributed by atoms with Crippen molar-refractivity contribution in [2.75, 3.05) is 26.3 Å². The van der Waals surface area contributed by atoms with Crippen LogP contribution in [-0.2, 0) is 11.3 Å². The van der Waals surface area contributed by atoms with E-state index in [0.717, 1.165) is 38.8 Å². The van der Waals surface area contributed by atoms with Crippen molar-refractivity contribution < 1.29 is 4.74 Å². The first-order chi connectivity index (χ1) is 13.1. The molecular weight excluding hydrogens is 463 g/mol. The van der Waals surface area contributed by atoms with Crippen molar-refractivity contribution in [1.29, 1.82) is 0 Å². The normalized spacial score (nSPS) is 28.9. The van der Waals surface area contributed by atoms with E-state index in [4.69, 9.17) is 9.73 Å². The minimum Gasteiger partial charge on any atom is -0.380 e. The molecule has 0 radical (unpaired) electrons. The Morgan fingerprint density at radius 3 is 2.43 bits per heavy atom. The molecule has 1 aromatic rings. The van der Waals surface area contributed by atoms with Crippen molar-refractivity contribution >= 4 is 29.9 Å². The molecule has 28 heavy (non-hydrogen) atoms. The molecule has 3 aliphatic rings. The second kappa shape index (κ2) is 9.76. The Bertz CT molecular complexity index is 635. The highest BCUT2D eigenvalue weighted by molar-refractivity contribution is 14.0. The van der Waals surface area contributed by atoms with E-state index in [2.05, 4.69) is 59.7 Å². The van der Waals surface area contributed by atoms with Crippen molar-refractivity contribution in [3.8, 4) is 0 Å². The summed E-state index contributed by atoms with van der Waals surface area (Å²) in [6.07, 6.45) is 5.10. The minimum atomic E-state index is 0. The van der Waals surface area contributed by atoms with Crippen LogP contribution in [0.5, 0.6) is 0 Å². The average molecular weight is 498 g/mol. The third kappa shape index (κ3) is 5.19. The Morgan fingerprint density at radius 1 is 1.18 bits per heavy atom. The molecule has 156 valence electrons. The predicted octanol–water partition coefficient (Wildman–Crippen LogP) is 3.39. The Hall–Kier alpha value is -0.860. The fourth-order valence-corrected chi connectivity index (χ4v) is 4.77. The lowest BCUT2D eigenvalue weighted by molar-refractivity contribution is -0.0945. The summed E-state index contributed by atoms with van der Waals surface area (Å²) in [5, 5.41) is 7.17. The summed E-state index contributed by atoms with van der Waals surface area (Å²) in [4.78, 5) is 7.60. The summed E-state index contributed by atoms with van der Waals surface area (Å²) in [6, 6.07) is 12.8. The molecule has 2 bridgehead atoms. The number of nitrogens with zero attached hydrogens (tertiary/aromatic N) is 2. The van der Waals surface area contributed by atoms with Crippen LogP contribution < -0.4 is 10.6 Å². The molecule has 0 spiro atoms. The summed E-state index contributed by atoms with van der Waals surface area (Å²) >= 11 is 0. The van der Waals surface area contributed by atoms with Gasteiger partial charge in [-0.15, -0.1) is 24.0 Å². The maximum Gasteiger partial charge on any atom is 0.191 e. The maximum absolute atomic E-state index is 5.36. The molecule has 2 atom stereocenters. The molecule has 2 unspecified atom stereocenters. The topological polar surface area (TPSA) is 48.9 Å². The van der Waals surface area contributed by atoms with E-state index >= 15 is 0 Å². The van der Waals surface area contributed by atoms with E-state index in [9.17, 15) is 0 Å². The number of ether oxygens (including phenoxy) is 1. The summed E-state index contributed by atoms with van der Waals surface area (Å²) < 4.78 is 5.36. The first kappa shape index (κ1) is 21.8. The number of benzene rings is 1. The van der Waals surface area contributed by atoms with Crippen molar-refractivity contribution in [3.63, 3.8) is 0 Å². The number of nitrogens with one attached hydrogen (secondary N) is 2. The summed E-state index contributed by atoms with van der Waals surface area (Å²) in [5.74, 6) is 0.978. The van der Waals surface area contributed by atoms with Gasteiger partial charge in [0.1, 0.15) is 0 Å². The first-order valence-electron chi connectivity index (χ1n) is 10.6. The van der Waals surface area contributed by atoms with Gasteiger partial charge in [0.25, 0.3) is 0 Å². The Labute approximate surface area is 186 Å². The molecule has 0 amide bonds. The van der Waals surface area contributed by atoms with Gasteiger partial charge in [-0.1, -0.05) is 37.3 Å². The fourth-order valence-electron chi connectivity index (χ4n) is 4.77. The van der Waals surface area contributed by atoms with Gasteiger partial charge < -0.3 is 15.4 Å². The Balaban J connectivity index is 0.00000225. The molecule has 0 saturated carbocycles. The first-order valence-corrected chi connectivity index (χ1v) is 10.6. The number of guanidine groups is 1. The standard InChI is InChI=1S/C22H34N4O.HI/c1-3-23-21(24-14-22(2)15-27-16-22)25-18-11-19-9-10-20(12-18)26(19)13-17-7-5-4-6-8-17;/h4-8,18-20H,3,9-16H2,1-2H3,(H2,23,24,25);1H. The molecular formula is C22H35IN4O. The minimum absolute atomic E-state index is 0. The molecule has 1 aromatic carbocycles. The summed E-state index contributed by atoms with van der Waals surface area (Å²) in [6.45, 7) is 8.88. The second-order valence-electron chi connectivity index (χ2n) is 8.85.